The van der Waals surface area contributed by atoms with E-state index in [1.165, 1.54) is 5.69 Å². The number of anilines is 1. The Morgan fingerprint density at radius 3 is 3.05 bits per heavy atom. The van der Waals surface area contributed by atoms with Gasteiger partial charge in [0, 0.05) is 36.6 Å². The molecule has 0 bridgehead atoms. The van der Waals surface area contributed by atoms with Crippen molar-refractivity contribution in [3.63, 3.8) is 0 Å². The van der Waals surface area contributed by atoms with Gasteiger partial charge in [0.15, 0.2) is 5.82 Å². The zero-order chi connectivity index (χ0) is 14.2. The molecule has 1 aliphatic rings. The summed E-state index contributed by atoms with van der Waals surface area (Å²) < 4.78 is 0. The number of H-pyrrole nitrogens is 1. The molecule has 4 rings (SSSR count). The normalized spacial score (nSPS) is 18.5. The Kier molecular flexibility index (Phi) is 2.80. The highest BCUT2D eigenvalue weighted by molar-refractivity contribution is 5.85. The number of fused-ring (bicyclic) bond motifs is 1. The van der Waals surface area contributed by atoms with Crippen molar-refractivity contribution in [2.75, 3.05) is 18.0 Å². The van der Waals surface area contributed by atoms with Gasteiger partial charge in [-0.05, 0) is 31.5 Å². The fourth-order valence-corrected chi connectivity index (χ4v) is 2.96. The van der Waals surface area contributed by atoms with Crippen molar-refractivity contribution in [1.29, 1.82) is 0 Å². The van der Waals surface area contributed by atoms with Gasteiger partial charge >= 0.3 is 0 Å². The zero-order valence-corrected chi connectivity index (χ0v) is 11.8. The fraction of sp³-hybridized carbons (Fsp3) is 0.333. The Morgan fingerprint density at radius 1 is 1.24 bits per heavy atom. The van der Waals surface area contributed by atoms with E-state index < -0.39 is 0 Å². The van der Waals surface area contributed by atoms with E-state index in [0.717, 1.165) is 42.1 Å². The molecule has 0 spiro atoms. The van der Waals surface area contributed by atoms with E-state index >= 15 is 0 Å². The second-order valence-corrected chi connectivity index (χ2v) is 5.46. The topological polar surface area (TPSA) is 70.6 Å². The Labute approximate surface area is 122 Å². The summed E-state index contributed by atoms with van der Waals surface area (Å²) in [6, 6.07) is 6.04. The largest absolute Gasteiger partial charge is 0.354 e. The number of nitrogens with zero attached hydrogens (tertiary/aromatic N) is 5. The van der Waals surface area contributed by atoms with Crippen LogP contribution in [-0.4, -0.2) is 38.2 Å². The summed E-state index contributed by atoms with van der Waals surface area (Å²) >= 11 is 0. The second kappa shape index (κ2) is 4.80. The summed E-state index contributed by atoms with van der Waals surface area (Å²) in [5, 5.41) is 7.12. The first kappa shape index (κ1) is 12.3. The number of pyridine rings is 1. The van der Waals surface area contributed by atoms with Crippen LogP contribution < -0.4 is 4.90 Å². The van der Waals surface area contributed by atoms with Gasteiger partial charge in [0.25, 0.3) is 0 Å². The molecule has 0 aliphatic carbocycles. The average molecular weight is 280 g/mol. The zero-order valence-electron chi connectivity index (χ0n) is 11.8. The summed E-state index contributed by atoms with van der Waals surface area (Å²) in [5.74, 6) is 1.41. The maximum Gasteiger partial charge on any atom is 0.158 e. The molecule has 1 aliphatic heterocycles. The van der Waals surface area contributed by atoms with Crippen LogP contribution in [0.3, 0.4) is 0 Å². The number of hydrogen-bond acceptors (Lipinski definition) is 5. The van der Waals surface area contributed by atoms with Gasteiger partial charge in [-0.1, -0.05) is 0 Å². The van der Waals surface area contributed by atoms with Crippen LogP contribution in [0.1, 0.15) is 23.7 Å². The van der Waals surface area contributed by atoms with Crippen molar-refractivity contribution < 1.29 is 0 Å². The molecule has 1 unspecified atom stereocenters. The van der Waals surface area contributed by atoms with E-state index in [1.807, 2.05) is 25.3 Å². The van der Waals surface area contributed by atoms with Crippen LogP contribution in [0.25, 0.3) is 11.0 Å². The van der Waals surface area contributed by atoms with E-state index in [0.29, 0.717) is 5.92 Å². The van der Waals surface area contributed by atoms with Crippen LogP contribution >= 0.6 is 0 Å². The lowest BCUT2D eigenvalue weighted by atomic mass is 10.1. The third kappa shape index (κ3) is 2.12. The molecular weight excluding hydrogens is 264 g/mol. The molecule has 0 aromatic carbocycles. The Morgan fingerprint density at radius 2 is 2.19 bits per heavy atom. The molecule has 1 fully saturated rings. The molecule has 1 N–H and O–H groups in total. The van der Waals surface area contributed by atoms with Crippen LogP contribution in [0.15, 0.2) is 30.7 Å². The van der Waals surface area contributed by atoms with Crippen LogP contribution in [0.4, 0.5) is 5.82 Å². The molecule has 106 valence electrons. The molecule has 0 saturated carbocycles. The first-order chi connectivity index (χ1) is 10.3. The van der Waals surface area contributed by atoms with Crippen LogP contribution in [-0.2, 0) is 0 Å². The number of aryl methyl sites for hydroxylation is 1. The van der Waals surface area contributed by atoms with Gasteiger partial charge < -0.3 is 4.90 Å². The summed E-state index contributed by atoms with van der Waals surface area (Å²) in [5.41, 5.74) is 3.97. The number of aromatic amines is 1. The van der Waals surface area contributed by atoms with Crippen LogP contribution in [0.2, 0.25) is 0 Å². The molecule has 6 nitrogen and oxygen atoms in total. The first-order valence-corrected chi connectivity index (χ1v) is 7.14. The van der Waals surface area contributed by atoms with E-state index in [1.54, 1.807) is 6.33 Å². The molecule has 21 heavy (non-hydrogen) atoms. The summed E-state index contributed by atoms with van der Waals surface area (Å²) in [7, 11) is 0. The lowest BCUT2D eigenvalue weighted by Gasteiger charge is -2.18. The maximum atomic E-state index is 4.62. The number of rotatable bonds is 2. The van der Waals surface area contributed by atoms with Crippen molar-refractivity contribution in [2.24, 2.45) is 0 Å². The third-order valence-corrected chi connectivity index (χ3v) is 4.05. The lowest BCUT2D eigenvalue weighted by Crippen LogP contribution is -2.21. The summed E-state index contributed by atoms with van der Waals surface area (Å²) in [6.45, 7) is 3.91. The molecular formula is C15H16N6. The lowest BCUT2D eigenvalue weighted by molar-refractivity contribution is 0.737. The van der Waals surface area contributed by atoms with Gasteiger partial charge in [0.1, 0.15) is 11.8 Å². The standard InChI is InChI=1S/C15H16N6/c1-10-2-3-13-14(19-10)15(17-9-16-13)21-7-5-11(8-21)12-4-6-18-20-12/h2-4,6,9,11H,5,7-8H2,1H3,(H,18,20). The predicted molar refractivity (Wildman–Crippen MR) is 80.2 cm³/mol. The van der Waals surface area contributed by atoms with Crippen molar-refractivity contribution in [2.45, 2.75) is 19.3 Å². The smallest absolute Gasteiger partial charge is 0.158 e. The van der Waals surface area contributed by atoms with E-state index in [9.17, 15) is 0 Å². The Balaban J connectivity index is 1.70. The molecule has 3 aromatic rings. The summed E-state index contributed by atoms with van der Waals surface area (Å²) in [4.78, 5) is 15.7. The van der Waals surface area contributed by atoms with Gasteiger partial charge in [-0.15, -0.1) is 0 Å². The summed E-state index contributed by atoms with van der Waals surface area (Å²) in [6.07, 6.45) is 4.53. The molecule has 0 amide bonds. The van der Waals surface area contributed by atoms with Gasteiger partial charge in [-0.25, -0.2) is 15.0 Å². The van der Waals surface area contributed by atoms with Crippen molar-refractivity contribution in [3.8, 4) is 0 Å². The van der Waals surface area contributed by atoms with E-state index in [4.69, 9.17) is 0 Å². The van der Waals surface area contributed by atoms with Crippen LogP contribution in [0, 0.1) is 6.92 Å². The highest BCUT2D eigenvalue weighted by Crippen LogP contribution is 2.31. The maximum absolute atomic E-state index is 4.62. The van der Waals surface area contributed by atoms with Crippen molar-refractivity contribution in [3.05, 3.63) is 42.1 Å². The number of nitrogens with one attached hydrogen (secondary N) is 1. The molecule has 4 heterocycles. The average Bonchev–Trinajstić information content (AvgIpc) is 3.17. The van der Waals surface area contributed by atoms with Crippen LogP contribution in [0.5, 0.6) is 0 Å². The minimum absolute atomic E-state index is 0.474. The Hall–Kier alpha value is -2.50. The van der Waals surface area contributed by atoms with Gasteiger partial charge in [0.05, 0.1) is 5.52 Å². The quantitative estimate of drug-likeness (QED) is 0.778. The number of aromatic nitrogens is 5. The third-order valence-electron chi connectivity index (χ3n) is 4.05. The molecule has 3 aromatic heterocycles. The monoisotopic (exact) mass is 280 g/mol. The minimum Gasteiger partial charge on any atom is -0.354 e. The second-order valence-electron chi connectivity index (χ2n) is 5.46. The van der Waals surface area contributed by atoms with E-state index in [-0.39, 0.29) is 0 Å². The highest BCUT2D eigenvalue weighted by atomic mass is 15.2. The molecule has 1 atom stereocenters. The van der Waals surface area contributed by atoms with E-state index in [2.05, 4.69) is 36.1 Å². The van der Waals surface area contributed by atoms with Crippen molar-refractivity contribution >= 4 is 16.9 Å². The highest BCUT2D eigenvalue weighted by Gasteiger charge is 2.27. The van der Waals surface area contributed by atoms with Gasteiger partial charge in [-0.3, -0.25) is 5.10 Å². The first-order valence-electron chi connectivity index (χ1n) is 7.14. The molecule has 0 radical (unpaired) electrons. The fourth-order valence-electron chi connectivity index (χ4n) is 2.96. The van der Waals surface area contributed by atoms with Gasteiger partial charge in [-0.2, -0.15) is 5.10 Å². The molecule has 1 saturated heterocycles. The SMILES string of the molecule is Cc1ccc2ncnc(N3CCC(c4ccn[nH]4)C3)c2n1. The minimum atomic E-state index is 0.474. The Bertz CT molecular complexity index is 767. The van der Waals surface area contributed by atoms with Crippen molar-refractivity contribution in [1.82, 2.24) is 25.1 Å². The molecule has 6 heteroatoms. The van der Waals surface area contributed by atoms with Gasteiger partial charge in [0.2, 0.25) is 0 Å². The number of hydrogen-bond donors (Lipinski definition) is 1. The predicted octanol–water partition coefficient (Wildman–Crippen LogP) is 2.05.